The van der Waals surface area contributed by atoms with Gasteiger partial charge in [0.25, 0.3) is 0 Å². The fourth-order valence-electron chi connectivity index (χ4n) is 2.87. The molecule has 3 rings (SSSR count). The average molecular weight is 216 g/mol. The minimum atomic E-state index is 0.885. The number of hydrogen-bond acceptors (Lipinski definition) is 2. The molecule has 0 aliphatic carbocycles. The van der Waals surface area contributed by atoms with Crippen molar-refractivity contribution in [3.05, 3.63) is 34.9 Å². The van der Waals surface area contributed by atoms with Crippen LogP contribution in [0.25, 0.3) is 0 Å². The summed E-state index contributed by atoms with van der Waals surface area (Å²) >= 11 is 0. The van der Waals surface area contributed by atoms with Crippen molar-refractivity contribution in [3.8, 4) is 0 Å². The van der Waals surface area contributed by atoms with Crippen molar-refractivity contribution < 1.29 is 0 Å². The maximum atomic E-state index is 3.40. The predicted octanol–water partition coefficient (Wildman–Crippen LogP) is 2.13. The van der Waals surface area contributed by atoms with E-state index in [1.807, 2.05) is 0 Å². The van der Waals surface area contributed by atoms with Gasteiger partial charge in [0.1, 0.15) is 0 Å². The van der Waals surface area contributed by atoms with Crippen LogP contribution in [0.5, 0.6) is 0 Å². The van der Waals surface area contributed by atoms with Crippen LogP contribution >= 0.6 is 0 Å². The number of hydrogen-bond donors (Lipinski definition) is 1. The maximum Gasteiger partial charge on any atom is 0.0233 e. The lowest BCUT2D eigenvalue weighted by Gasteiger charge is -2.15. The van der Waals surface area contributed by atoms with Crippen molar-refractivity contribution in [2.24, 2.45) is 5.92 Å². The molecule has 1 fully saturated rings. The van der Waals surface area contributed by atoms with Crippen LogP contribution in [-0.4, -0.2) is 18.0 Å². The summed E-state index contributed by atoms with van der Waals surface area (Å²) in [5, 5.41) is 3.40. The highest BCUT2D eigenvalue weighted by Gasteiger charge is 2.19. The van der Waals surface area contributed by atoms with Crippen molar-refractivity contribution in [1.29, 1.82) is 0 Å². The van der Waals surface area contributed by atoms with Gasteiger partial charge in [0, 0.05) is 26.2 Å². The molecule has 0 bridgehead atoms. The van der Waals surface area contributed by atoms with Gasteiger partial charge in [-0.25, -0.2) is 0 Å². The van der Waals surface area contributed by atoms with E-state index in [1.54, 1.807) is 0 Å². The first-order valence-electron chi connectivity index (χ1n) is 6.35. The van der Waals surface area contributed by atoms with E-state index >= 15 is 0 Å². The Labute approximate surface area is 97.6 Å². The zero-order valence-corrected chi connectivity index (χ0v) is 10.00. The van der Waals surface area contributed by atoms with E-state index in [2.05, 4.69) is 35.3 Å². The molecule has 1 aromatic carbocycles. The quantitative estimate of drug-likeness (QED) is 0.814. The molecule has 2 heteroatoms. The molecule has 1 aromatic rings. The predicted molar refractivity (Wildman–Crippen MR) is 66.0 cm³/mol. The van der Waals surface area contributed by atoms with E-state index in [-0.39, 0.29) is 0 Å². The zero-order valence-electron chi connectivity index (χ0n) is 10.00. The van der Waals surface area contributed by atoms with Crippen molar-refractivity contribution in [2.45, 2.75) is 33.0 Å². The first-order valence-corrected chi connectivity index (χ1v) is 6.35. The van der Waals surface area contributed by atoms with Gasteiger partial charge in [0.05, 0.1) is 0 Å². The van der Waals surface area contributed by atoms with Gasteiger partial charge in [-0.2, -0.15) is 0 Å². The second kappa shape index (κ2) is 4.19. The monoisotopic (exact) mass is 216 g/mol. The van der Waals surface area contributed by atoms with Crippen LogP contribution in [0.15, 0.2) is 18.2 Å². The van der Waals surface area contributed by atoms with Crippen LogP contribution in [0.1, 0.15) is 30.0 Å². The molecule has 2 heterocycles. The Bertz CT molecular complexity index is 386. The maximum absolute atomic E-state index is 3.40. The molecule has 2 aliphatic rings. The smallest absolute Gasteiger partial charge is 0.0233 e. The fraction of sp³-hybridized carbons (Fsp3) is 0.571. The standard InChI is InChI=1S/C14H20N2/c1-11-4-5-16(9-11)10-12-2-3-13-7-15-8-14(13)6-12/h2-3,6,11,15H,4-5,7-10H2,1H3. The summed E-state index contributed by atoms with van der Waals surface area (Å²) in [6, 6.07) is 6.98. The first-order chi connectivity index (χ1) is 7.81. The molecule has 0 amide bonds. The highest BCUT2D eigenvalue weighted by Crippen LogP contribution is 2.21. The molecule has 0 aromatic heterocycles. The number of likely N-dealkylation sites (tertiary alicyclic amines) is 1. The van der Waals surface area contributed by atoms with Gasteiger partial charge >= 0.3 is 0 Å². The topological polar surface area (TPSA) is 15.3 Å². The van der Waals surface area contributed by atoms with E-state index < -0.39 is 0 Å². The van der Waals surface area contributed by atoms with Crippen LogP contribution < -0.4 is 5.32 Å². The Morgan fingerprint density at radius 1 is 1.31 bits per heavy atom. The Kier molecular flexibility index (Phi) is 2.70. The lowest BCUT2D eigenvalue weighted by atomic mass is 10.1. The molecular formula is C14H20N2. The van der Waals surface area contributed by atoms with Crippen molar-refractivity contribution in [3.63, 3.8) is 0 Å². The molecule has 0 radical (unpaired) electrons. The Morgan fingerprint density at radius 2 is 2.19 bits per heavy atom. The first kappa shape index (κ1) is 10.3. The van der Waals surface area contributed by atoms with E-state index in [1.165, 1.54) is 36.2 Å². The molecule has 1 saturated heterocycles. The third kappa shape index (κ3) is 2.00. The van der Waals surface area contributed by atoms with Crippen LogP contribution in [0.4, 0.5) is 0 Å². The van der Waals surface area contributed by atoms with E-state index in [9.17, 15) is 0 Å². The van der Waals surface area contributed by atoms with Gasteiger partial charge in [0.2, 0.25) is 0 Å². The summed E-state index contributed by atoms with van der Waals surface area (Å²) < 4.78 is 0. The summed E-state index contributed by atoms with van der Waals surface area (Å²) in [4.78, 5) is 2.58. The molecule has 1 atom stereocenters. The number of nitrogens with zero attached hydrogens (tertiary/aromatic N) is 1. The van der Waals surface area contributed by atoms with Crippen molar-refractivity contribution in [1.82, 2.24) is 10.2 Å². The van der Waals surface area contributed by atoms with Gasteiger partial charge in [-0.1, -0.05) is 25.1 Å². The van der Waals surface area contributed by atoms with Crippen LogP contribution in [-0.2, 0) is 19.6 Å². The molecule has 1 unspecified atom stereocenters. The van der Waals surface area contributed by atoms with Gasteiger partial charge < -0.3 is 5.32 Å². The normalized spacial score (nSPS) is 24.9. The van der Waals surface area contributed by atoms with E-state index in [0.29, 0.717) is 0 Å². The molecule has 0 saturated carbocycles. The summed E-state index contributed by atoms with van der Waals surface area (Å²) in [5.74, 6) is 0.885. The Balaban J connectivity index is 1.71. The second-order valence-electron chi connectivity index (χ2n) is 5.34. The van der Waals surface area contributed by atoms with Gasteiger partial charge in [-0.05, 0) is 35.6 Å². The zero-order chi connectivity index (χ0) is 11.0. The summed E-state index contributed by atoms with van der Waals surface area (Å²) in [6.07, 6.45) is 1.37. The third-order valence-corrected chi connectivity index (χ3v) is 3.82. The third-order valence-electron chi connectivity index (χ3n) is 3.82. The number of nitrogens with one attached hydrogen (secondary N) is 1. The summed E-state index contributed by atoms with van der Waals surface area (Å²) in [7, 11) is 0. The minimum absolute atomic E-state index is 0.885. The minimum Gasteiger partial charge on any atom is -0.309 e. The molecule has 16 heavy (non-hydrogen) atoms. The lowest BCUT2D eigenvalue weighted by molar-refractivity contribution is 0.320. The van der Waals surface area contributed by atoms with E-state index in [4.69, 9.17) is 0 Å². The van der Waals surface area contributed by atoms with Crippen LogP contribution in [0, 0.1) is 5.92 Å². The Morgan fingerprint density at radius 3 is 3.00 bits per heavy atom. The largest absolute Gasteiger partial charge is 0.309 e. The number of fused-ring (bicyclic) bond motifs is 1. The van der Waals surface area contributed by atoms with Gasteiger partial charge in [0.15, 0.2) is 0 Å². The molecule has 0 spiro atoms. The molecule has 1 N–H and O–H groups in total. The second-order valence-corrected chi connectivity index (χ2v) is 5.34. The Hall–Kier alpha value is -0.860. The number of rotatable bonds is 2. The highest BCUT2D eigenvalue weighted by molar-refractivity contribution is 5.34. The highest BCUT2D eigenvalue weighted by atomic mass is 15.1. The summed E-state index contributed by atoms with van der Waals surface area (Å²) in [6.45, 7) is 8.14. The van der Waals surface area contributed by atoms with Gasteiger partial charge in [-0.3, -0.25) is 4.90 Å². The molecule has 86 valence electrons. The number of benzene rings is 1. The van der Waals surface area contributed by atoms with Crippen molar-refractivity contribution >= 4 is 0 Å². The van der Waals surface area contributed by atoms with Crippen LogP contribution in [0.2, 0.25) is 0 Å². The van der Waals surface area contributed by atoms with Crippen molar-refractivity contribution in [2.75, 3.05) is 13.1 Å². The van der Waals surface area contributed by atoms with Crippen LogP contribution in [0.3, 0.4) is 0 Å². The van der Waals surface area contributed by atoms with Gasteiger partial charge in [-0.15, -0.1) is 0 Å². The fourth-order valence-corrected chi connectivity index (χ4v) is 2.87. The SMILES string of the molecule is CC1CCN(Cc2ccc3c(c2)CNC3)C1. The molecule has 2 aliphatic heterocycles. The lowest BCUT2D eigenvalue weighted by Crippen LogP contribution is -2.19. The summed E-state index contributed by atoms with van der Waals surface area (Å²) in [5.41, 5.74) is 4.47. The van der Waals surface area contributed by atoms with E-state index in [0.717, 1.165) is 25.6 Å². The molecule has 2 nitrogen and oxygen atoms in total. The molecular weight excluding hydrogens is 196 g/mol. The average Bonchev–Trinajstić information content (AvgIpc) is 2.87.